The van der Waals surface area contributed by atoms with Crippen LogP contribution in [0.15, 0.2) is 36.4 Å². The highest BCUT2D eigenvalue weighted by Gasteiger charge is 2.24. The predicted octanol–water partition coefficient (Wildman–Crippen LogP) is 5.02. The maximum absolute atomic E-state index is 14.1. The van der Waals surface area contributed by atoms with Crippen molar-refractivity contribution in [2.45, 2.75) is 39.7 Å². The highest BCUT2D eigenvalue weighted by atomic mass is 35.5. The molecule has 0 fully saturated rings. The third-order valence-electron chi connectivity index (χ3n) is 4.91. The van der Waals surface area contributed by atoms with Crippen LogP contribution in [0.1, 0.15) is 41.9 Å². The molecule has 3 rings (SSSR count). The minimum Gasteiger partial charge on any atom is -0.505 e. The lowest BCUT2D eigenvalue weighted by atomic mass is 10.1. The minimum absolute atomic E-state index is 0.104. The van der Waals surface area contributed by atoms with Crippen molar-refractivity contribution >= 4 is 34.4 Å². The molecule has 0 amide bonds. The Morgan fingerprint density at radius 3 is 2.66 bits per heavy atom. The standard InChI is InChI=1S/C22H21ClFNO4/c1-4-12(2)29-21(27)10-16-13(3)25(19-11-18(24)20(26)9-17(16)19)22(28)14-6-5-7-15(23)8-14/h5-9,11-12,26H,4,10H2,1-3H3. The van der Waals surface area contributed by atoms with E-state index in [1.807, 2.05) is 6.92 Å². The van der Waals surface area contributed by atoms with Crippen molar-refractivity contribution in [3.8, 4) is 5.75 Å². The van der Waals surface area contributed by atoms with Crippen molar-refractivity contribution in [1.29, 1.82) is 0 Å². The van der Waals surface area contributed by atoms with E-state index in [0.29, 0.717) is 33.7 Å². The lowest BCUT2D eigenvalue weighted by molar-refractivity contribution is -0.147. The Bertz CT molecular complexity index is 1110. The number of carbonyl (C=O) groups is 2. The molecule has 0 aliphatic rings. The molecule has 1 aromatic heterocycles. The van der Waals surface area contributed by atoms with Gasteiger partial charge in [0.2, 0.25) is 0 Å². The third-order valence-corrected chi connectivity index (χ3v) is 5.14. The van der Waals surface area contributed by atoms with Crippen LogP contribution in [0.25, 0.3) is 10.9 Å². The molecule has 152 valence electrons. The maximum atomic E-state index is 14.1. The summed E-state index contributed by atoms with van der Waals surface area (Å²) in [5, 5.41) is 10.7. The second-order valence-corrected chi connectivity index (χ2v) is 7.36. The number of esters is 1. The number of phenols is 1. The molecular weight excluding hydrogens is 397 g/mol. The zero-order valence-corrected chi connectivity index (χ0v) is 17.1. The van der Waals surface area contributed by atoms with Gasteiger partial charge in [0.1, 0.15) is 0 Å². The lowest BCUT2D eigenvalue weighted by Gasteiger charge is -2.11. The molecule has 2 aromatic carbocycles. The van der Waals surface area contributed by atoms with E-state index in [0.717, 1.165) is 6.07 Å². The van der Waals surface area contributed by atoms with Gasteiger partial charge in [0, 0.05) is 27.7 Å². The molecule has 0 bridgehead atoms. The number of aromatic hydroxyl groups is 1. The number of hydrogen-bond donors (Lipinski definition) is 1. The molecule has 29 heavy (non-hydrogen) atoms. The smallest absolute Gasteiger partial charge is 0.310 e. The van der Waals surface area contributed by atoms with Crippen molar-refractivity contribution in [3.63, 3.8) is 0 Å². The Hall–Kier alpha value is -2.86. The summed E-state index contributed by atoms with van der Waals surface area (Å²) in [6.45, 7) is 5.36. The van der Waals surface area contributed by atoms with Gasteiger partial charge < -0.3 is 9.84 Å². The molecule has 1 N–H and O–H groups in total. The van der Waals surface area contributed by atoms with E-state index < -0.39 is 23.4 Å². The molecule has 0 radical (unpaired) electrons. The maximum Gasteiger partial charge on any atom is 0.310 e. The first-order valence-electron chi connectivity index (χ1n) is 9.25. The number of aromatic nitrogens is 1. The summed E-state index contributed by atoms with van der Waals surface area (Å²) < 4.78 is 20.8. The molecule has 0 spiro atoms. The van der Waals surface area contributed by atoms with Crippen molar-refractivity contribution in [3.05, 3.63) is 64.1 Å². The van der Waals surface area contributed by atoms with Crippen LogP contribution >= 0.6 is 11.6 Å². The van der Waals surface area contributed by atoms with Gasteiger partial charge in [-0.3, -0.25) is 14.2 Å². The molecule has 1 unspecified atom stereocenters. The number of halogens is 2. The first-order chi connectivity index (χ1) is 13.7. The number of rotatable bonds is 5. The Morgan fingerprint density at radius 1 is 1.28 bits per heavy atom. The Kier molecular flexibility index (Phi) is 5.94. The summed E-state index contributed by atoms with van der Waals surface area (Å²) in [6.07, 6.45) is 0.328. The lowest BCUT2D eigenvalue weighted by Crippen LogP contribution is -2.17. The summed E-state index contributed by atoms with van der Waals surface area (Å²) in [5.41, 5.74) is 1.55. The van der Waals surface area contributed by atoms with Gasteiger partial charge in [-0.05, 0) is 50.1 Å². The molecular formula is C22H21ClFNO4. The van der Waals surface area contributed by atoms with E-state index in [9.17, 15) is 19.1 Å². The predicted molar refractivity (Wildman–Crippen MR) is 109 cm³/mol. The molecule has 0 saturated heterocycles. The van der Waals surface area contributed by atoms with Crippen LogP contribution in [-0.2, 0) is 16.0 Å². The summed E-state index contributed by atoms with van der Waals surface area (Å²) >= 11 is 6.00. The number of ether oxygens (including phenoxy) is 1. The average Bonchev–Trinajstić information content (AvgIpc) is 2.92. The quantitative estimate of drug-likeness (QED) is 0.592. The fraction of sp³-hybridized carbons (Fsp3) is 0.273. The second-order valence-electron chi connectivity index (χ2n) is 6.92. The van der Waals surface area contributed by atoms with Gasteiger partial charge in [-0.1, -0.05) is 24.6 Å². The molecule has 5 nitrogen and oxygen atoms in total. The Labute approximate surface area is 172 Å². The zero-order valence-electron chi connectivity index (χ0n) is 16.3. The van der Waals surface area contributed by atoms with Crippen LogP contribution in [0, 0.1) is 12.7 Å². The first-order valence-corrected chi connectivity index (χ1v) is 9.62. The van der Waals surface area contributed by atoms with E-state index in [1.165, 1.54) is 16.7 Å². The topological polar surface area (TPSA) is 68.5 Å². The van der Waals surface area contributed by atoms with Gasteiger partial charge in [-0.2, -0.15) is 0 Å². The molecule has 7 heteroatoms. The van der Waals surface area contributed by atoms with Gasteiger partial charge in [-0.25, -0.2) is 4.39 Å². The minimum atomic E-state index is -0.858. The highest BCUT2D eigenvalue weighted by Crippen LogP contribution is 2.32. The monoisotopic (exact) mass is 417 g/mol. The Balaban J connectivity index is 2.15. The molecule has 1 atom stereocenters. The van der Waals surface area contributed by atoms with Crippen LogP contribution in [0.2, 0.25) is 5.02 Å². The van der Waals surface area contributed by atoms with Crippen molar-refractivity contribution in [2.75, 3.05) is 0 Å². The summed E-state index contributed by atoms with van der Waals surface area (Å²) in [4.78, 5) is 25.5. The van der Waals surface area contributed by atoms with E-state index in [-0.39, 0.29) is 18.0 Å². The van der Waals surface area contributed by atoms with Crippen molar-refractivity contribution in [2.24, 2.45) is 0 Å². The van der Waals surface area contributed by atoms with E-state index in [1.54, 1.807) is 32.0 Å². The molecule has 3 aromatic rings. The van der Waals surface area contributed by atoms with Gasteiger partial charge in [-0.15, -0.1) is 0 Å². The molecule has 0 aliphatic carbocycles. The fourth-order valence-electron chi connectivity index (χ4n) is 3.22. The van der Waals surface area contributed by atoms with E-state index in [2.05, 4.69) is 0 Å². The number of benzene rings is 2. The normalized spacial score (nSPS) is 12.2. The van der Waals surface area contributed by atoms with Crippen molar-refractivity contribution in [1.82, 2.24) is 4.57 Å². The van der Waals surface area contributed by atoms with Gasteiger partial charge in [0.05, 0.1) is 18.0 Å². The van der Waals surface area contributed by atoms with Crippen LogP contribution < -0.4 is 0 Å². The number of phenolic OH excluding ortho intramolecular Hbond substituents is 1. The number of hydrogen-bond acceptors (Lipinski definition) is 4. The SMILES string of the molecule is CCC(C)OC(=O)Cc1c(C)n(C(=O)c2cccc(Cl)c2)c2cc(F)c(O)cc12. The number of nitrogens with zero attached hydrogens (tertiary/aromatic N) is 1. The highest BCUT2D eigenvalue weighted by molar-refractivity contribution is 6.31. The summed E-state index contributed by atoms with van der Waals surface area (Å²) in [5.74, 6) is -2.28. The third kappa shape index (κ3) is 4.12. The van der Waals surface area contributed by atoms with Gasteiger partial charge in [0.25, 0.3) is 5.91 Å². The molecule has 1 heterocycles. The van der Waals surface area contributed by atoms with Crippen LogP contribution in [0.3, 0.4) is 0 Å². The van der Waals surface area contributed by atoms with E-state index in [4.69, 9.17) is 16.3 Å². The van der Waals surface area contributed by atoms with Gasteiger partial charge >= 0.3 is 5.97 Å². The second kappa shape index (κ2) is 8.25. The summed E-state index contributed by atoms with van der Waals surface area (Å²) in [6, 6.07) is 8.73. The van der Waals surface area contributed by atoms with Crippen LogP contribution in [-0.4, -0.2) is 27.7 Å². The van der Waals surface area contributed by atoms with Crippen molar-refractivity contribution < 1.29 is 23.8 Å². The Morgan fingerprint density at radius 2 is 2.00 bits per heavy atom. The largest absolute Gasteiger partial charge is 0.505 e. The molecule has 0 aliphatic heterocycles. The summed E-state index contributed by atoms with van der Waals surface area (Å²) in [7, 11) is 0. The van der Waals surface area contributed by atoms with Gasteiger partial charge in [0.15, 0.2) is 11.6 Å². The van der Waals surface area contributed by atoms with Crippen LogP contribution in [0.5, 0.6) is 5.75 Å². The first kappa shape index (κ1) is 20.9. The molecule has 0 saturated carbocycles. The fourth-order valence-corrected chi connectivity index (χ4v) is 3.41. The van der Waals surface area contributed by atoms with Crippen LogP contribution in [0.4, 0.5) is 4.39 Å². The average molecular weight is 418 g/mol. The van der Waals surface area contributed by atoms with E-state index >= 15 is 0 Å². The number of fused-ring (bicyclic) bond motifs is 1. The number of carbonyl (C=O) groups excluding carboxylic acids is 2. The zero-order chi connectivity index (χ0) is 21.3.